The molecule has 2 heterocycles. The molecule has 0 amide bonds. The van der Waals surface area contributed by atoms with Crippen LogP contribution in [0.3, 0.4) is 0 Å². The molecule has 1 nitrogen and oxygen atoms in total. The van der Waals surface area contributed by atoms with Gasteiger partial charge in [0.2, 0.25) is 0 Å². The number of para-hydroxylation sites is 1. The number of thiophene rings is 1. The number of nitrogens with zero attached hydrogens (tertiary/aromatic N) is 1. The predicted octanol–water partition coefficient (Wildman–Crippen LogP) is 12.5. The molecule has 0 N–H and O–H groups in total. The maximum Gasteiger partial charge on any atom is 0.179 e. The van der Waals surface area contributed by atoms with Crippen LogP contribution in [0.15, 0.2) is 187 Å². The number of benzene rings is 8. The van der Waals surface area contributed by atoms with Gasteiger partial charge in [-0.3, -0.25) is 0 Å². The molecule has 0 saturated carbocycles. The van der Waals surface area contributed by atoms with Crippen LogP contribution in [0.25, 0.3) is 58.8 Å². The summed E-state index contributed by atoms with van der Waals surface area (Å²) in [4.78, 5) is 0. The van der Waals surface area contributed by atoms with Gasteiger partial charge in [0, 0.05) is 36.6 Å². The molecule has 1 aliphatic rings. The monoisotopic (exact) mass is 821 g/mol. The molecular formula is C56H47NSSi. The van der Waals surface area contributed by atoms with E-state index in [9.17, 15) is 24.7 Å². The molecule has 0 unspecified atom stereocenters. The second-order valence-corrected chi connectivity index (χ2v) is 20.4. The summed E-state index contributed by atoms with van der Waals surface area (Å²) >= 11 is 0.634. The molecule has 59 heavy (non-hydrogen) atoms. The Balaban J connectivity index is 1.45. The third-order valence-corrected chi connectivity index (χ3v) is 16.9. The smallest absolute Gasteiger partial charge is 0.179 e. The summed E-state index contributed by atoms with van der Waals surface area (Å²) in [5.74, 6) is 0. The highest BCUT2D eigenvalue weighted by Crippen LogP contribution is 2.46. The van der Waals surface area contributed by atoms with E-state index in [0.717, 1.165) is 10.1 Å². The predicted molar refractivity (Wildman–Crippen MR) is 258 cm³/mol. The summed E-state index contributed by atoms with van der Waals surface area (Å²) in [5, 5.41) is -4.12. The number of aromatic nitrogens is 1. The van der Waals surface area contributed by atoms with E-state index >= 15 is 0 Å². The lowest BCUT2D eigenvalue weighted by Crippen LogP contribution is -2.75. The number of hydrogen-bond acceptors (Lipinski definition) is 1. The maximum absolute atomic E-state index is 10.8. The third-order valence-electron chi connectivity index (χ3n) is 11.6. The highest BCUT2D eigenvalue weighted by molar-refractivity contribution is 7.26. The Morgan fingerprint density at radius 3 is 1.88 bits per heavy atom. The molecule has 0 atom stereocenters. The third kappa shape index (κ3) is 5.55. The van der Waals surface area contributed by atoms with Gasteiger partial charge in [0.05, 0.1) is 49.4 Å². The quantitative estimate of drug-likeness (QED) is 0.116. The van der Waals surface area contributed by atoms with Crippen LogP contribution in [-0.2, 0) is 10.8 Å². The van der Waals surface area contributed by atoms with E-state index in [1.807, 2.05) is 27.7 Å². The van der Waals surface area contributed by atoms with Crippen LogP contribution in [0, 0.1) is 0 Å². The lowest BCUT2D eigenvalue weighted by atomic mass is 9.63. The van der Waals surface area contributed by atoms with E-state index in [-0.39, 0.29) is 25.4 Å². The van der Waals surface area contributed by atoms with Crippen molar-refractivity contribution in [3.63, 3.8) is 0 Å². The van der Waals surface area contributed by atoms with E-state index < -0.39 is 242 Å². The van der Waals surface area contributed by atoms with E-state index in [4.69, 9.17) is 13.7 Å². The van der Waals surface area contributed by atoms with Crippen molar-refractivity contribution in [1.82, 2.24) is 4.57 Å². The summed E-state index contributed by atoms with van der Waals surface area (Å²) in [6.45, 7) is 7.81. The Bertz CT molecular complexity index is 4740. The van der Waals surface area contributed by atoms with Crippen molar-refractivity contribution in [3.8, 4) is 16.8 Å². The molecule has 1 aliphatic carbocycles. The van der Waals surface area contributed by atoms with Crippen LogP contribution in [0.1, 0.15) is 90.0 Å². The maximum atomic E-state index is 10.8. The molecular weight excluding hydrogens is 747 g/mol. The van der Waals surface area contributed by atoms with Gasteiger partial charge in [-0.1, -0.05) is 185 Å². The molecule has 0 spiro atoms. The van der Waals surface area contributed by atoms with Gasteiger partial charge in [-0.15, -0.1) is 11.3 Å². The highest BCUT2D eigenvalue weighted by Gasteiger charge is 2.44. The Kier molecular flexibility index (Phi) is 3.97. The van der Waals surface area contributed by atoms with Crippen LogP contribution in [0.4, 0.5) is 0 Å². The second-order valence-electron chi connectivity index (χ2n) is 15.8. The molecule has 286 valence electrons. The second kappa shape index (κ2) is 13.5. The molecule has 3 heteroatoms. The highest BCUT2D eigenvalue weighted by atomic mass is 32.1. The van der Waals surface area contributed by atoms with Crippen molar-refractivity contribution in [2.24, 2.45) is 0 Å². The molecule has 11 rings (SSSR count). The van der Waals surface area contributed by atoms with Crippen molar-refractivity contribution < 1.29 is 38.4 Å². The topological polar surface area (TPSA) is 4.93 Å². The van der Waals surface area contributed by atoms with Crippen LogP contribution in [-0.4, -0.2) is 12.6 Å². The van der Waals surface area contributed by atoms with Gasteiger partial charge in [0.15, 0.2) is 8.07 Å². The first-order valence-electron chi connectivity index (χ1n) is 32.8. The molecule has 0 fully saturated rings. The lowest BCUT2D eigenvalue weighted by Gasteiger charge is -2.43. The van der Waals surface area contributed by atoms with Crippen LogP contribution < -0.4 is 20.7 Å². The van der Waals surface area contributed by atoms with E-state index in [1.165, 1.54) is 6.07 Å². The van der Waals surface area contributed by atoms with Gasteiger partial charge in [-0.25, -0.2) is 0 Å². The van der Waals surface area contributed by atoms with Crippen molar-refractivity contribution >= 4 is 82.1 Å². The fraction of sp³-hybridized carbons (Fsp3) is 0.143. The van der Waals surface area contributed by atoms with Gasteiger partial charge in [0.1, 0.15) is 0 Å². The van der Waals surface area contributed by atoms with E-state index in [0.29, 0.717) is 29.7 Å². The van der Waals surface area contributed by atoms with Gasteiger partial charge in [0.25, 0.3) is 0 Å². The molecule has 0 bridgehead atoms. The molecule has 10 aromatic rings. The average molecular weight is 822 g/mol. The minimum atomic E-state index is -5.84. The summed E-state index contributed by atoms with van der Waals surface area (Å²) in [5.41, 5.74) is -3.47. The number of rotatable bonds is 6. The summed E-state index contributed by atoms with van der Waals surface area (Å²) < 4.78 is 264. The first kappa shape index (κ1) is 17.3. The van der Waals surface area contributed by atoms with E-state index in [2.05, 4.69) is 0 Å². The fourth-order valence-electron chi connectivity index (χ4n) is 8.50. The molecule has 8 aromatic carbocycles. The van der Waals surface area contributed by atoms with Gasteiger partial charge < -0.3 is 4.57 Å². The lowest BCUT2D eigenvalue weighted by molar-refractivity contribution is 0.332. The van der Waals surface area contributed by atoms with Crippen molar-refractivity contribution in [2.75, 3.05) is 0 Å². The van der Waals surface area contributed by atoms with Crippen molar-refractivity contribution in [1.29, 1.82) is 0 Å². The number of hydrogen-bond donors (Lipinski definition) is 0. The first-order valence-corrected chi connectivity index (χ1v) is 21.6. The normalized spacial score (nSPS) is 21.6. The Hall–Kier alpha value is -6.00. The van der Waals surface area contributed by atoms with Gasteiger partial charge in [-0.2, -0.15) is 0 Å². The zero-order valence-corrected chi connectivity index (χ0v) is 33.8. The molecule has 2 aromatic heterocycles. The Morgan fingerprint density at radius 2 is 1.12 bits per heavy atom. The summed E-state index contributed by atoms with van der Waals surface area (Å²) in [7, 11) is -5.84. The van der Waals surface area contributed by atoms with Crippen molar-refractivity contribution in [3.05, 3.63) is 199 Å². The Morgan fingerprint density at radius 1 is 0.508 bits per heavy atom. The van der Waals surface area contributed by atoms with Crippen LogP contribution >= 0.6 is 11.3 Å². The summed E-state index contributed by atoms with van der Waals surface area (Å²) in [6, 6.07) is -20.7. The zero-order valence-electron chi connectivity index (χ0n) is 60.0. The van der Waals surface area contributed by atoms with Crippen LogP contribution in [0.5, 0.6) is 0 Å². The van der Waals surface area contributed by atoms with Crippen molar-refractivity contribution in [2.45, 2.75) is 51.4 Å². The summed E-state index contributed by atoms with van der Waals surface area (Å²) in [6.07, 6.45) is 1.22. The van der Waals surface area contributed by atoms with Gasteiger partial charge >= 0.3 is 0 Å². The zero-order chi connectivity index (χ0) is 64.3. The minimum absolute atomic E-state index is 0.116. The molecule has 0 saturated heterocycles. The Labute approximate surface area is 391 Å². The first-order chi connectivity index (χ1) is 40.4. The fourth-order valence-corrected chi connectivity index (χ4v) is 13.4. The molecule has 0 radical (unpaired) electrons. The largest absolute Gasteiger partial charge is 0.309 e. The molecule has 0 aliphatic heterocycles. The standard InChI is InChI=1S/C56H47NSSi/c1-55(2)33-34-56(3,4)50-37-43(30-32-49(50)55)59(40-18-7-5-8-19-40,41-20-9-6-10-21-41)42-22-15-17-39(36-42)57-51-27-13-11-23-45(51)46-31-29-38(35-52(46)57)44-25-16-26-48-47-24-12-14-28-53(47)58-54(44)48/h5-32,35-37H,33-34H2,1-4H3/i5D,6D,7D,8D,9D,10D,11D,12D,13D,14D,15D,16D,17D,18D,19D,20D,21D,22D,23D,24D,25D,26D,27D,28D,29D,31D,35D,36D. The SMILES string of the molecule is [2H]c1c([2H])c([2H])c([Si](c2ccc3c(c2)C(C)(C)CCC3(C)C)(c2c([2H])c([2H])c([2H])c([2H])c2[2H])c2c([2H])c([2H])c([2H])c(-n3c4c([2H])c([2H])c([2H])c([2H])c4c4c([2H])c([2H])c(-c5c([2H])c([2H])c([2H])c6c5sc5c([2H])c([2H])c([2H])c([2H])c56)c([2H])c43)c2[2H])c([2H])c1[2H]. The number of fused-ring (bicyclic) bond motifs is 7. The van der Waals surface area contributed by atoms with E-state index in [1.54, 1.807) is 12.1 Å². The average Bonchev–Trinajstić information content (AvgIpc) is 1.66. The van der Waals surface area contributed by atoms with Crippen LogP contribution in [0.2, 0.25) is 0 Å². The minimum Gasteiger partial charge on any atom is -0.309 e. The van der Waals surface area contributed by atoms with Gasteiger partial charge in [-0.05, 0) is 96.9 Å².